The van der Waals surface area contributed by atoms with Crippen LogP contribution in [-0.2, 0) is 19.4 Å². The first-order valence-electron chi connectivity index (χ1n) is 10.6. The fraction of sp³-hybridized carbons (Fsp3) is 0.455. The highest BCUT2D eigenvalue weighted by Gasteiger charge is 2.45. The number of hydrogen-bond acceptors (Lipinski definition) is 5. The Kier molecular flexibility index (Phi) is 4.83. The Hall–Kier alpha value is -3.10. The molecule has 2 aliphatic rings. The molecule has 2 aromatic heterocycles. The van der Waals surface area contributed by atoms with Crippen LogP contribution in [0.4, 0.5) is 8.78 Å². The summed E-state index contributed by atoms with van der Waals surface area (Å²) in [7, 11) is 0. The van der Waals surface area contributed by atoms with E-state index in [0.29, 0.717) is 30.4 Å². The van der Waals surface area contributed by atoms with Gasteiger partial charge in [-0.2, -0.15) is 4.98 Å². The Morgan fingerprint density at radius 2 is 2.19 bits per heavy atom. The zero-order valence-corrected chi connectivity index (χ0v) is 17.1. The van der Waals surface area contributed by atoms with Crippen molar-refractivity contribution in [1.29, 1.82) is 0 Å². The lowest BCUT2D eigenvalue weighted by molar-refractivity contribution is -0.114. The monoisotopic (exact) mass is 427 g/mol. The van der Waals surface area contributed by atoms with Crippen LogP contribution in [0, 0.1) is 5.92 Å². The average Bonchev–Trinajstić information content (AvgIpc) is 3.46. The average molecular weight is 427 g/mol. The number of rotatable bonds is 6. The largest absolute Gasteiger partial charge is 0.344 e. The summed E-state index contributed by atoms with van der Waals surface area (Å²) in [5.41, 5.74) is 3.51. The van der Waals surface area contributed by atoms with Crippen LogP contribution in [0.2, 0.25) is 0 Å². The molecule has 0 spiro atoms. The number of hydrogen-bond donors (Lipinski definition) is 1. The third-order valence-electron chi connectivity index (χ3n) is 6.13. The fourth-order valence-corrected chi connectivity index (χ4v) is 4.50. The zero-order valence-electron chi connectivity index (χ0n) is 17.1. The van der Waals surface area contributed by atoms with Gasteiger partial charge in [0.15, 0.2) is 0 Å². The van der Waals surface area contributed by atoms with Crippen molar-refractivity contribution in [3.63, 3.8) is 0 Å². The van der Waals surface area contributed by atoms with Crippen LogP contribution < -0.4 is 5.32 Å². The second kappa shape index (κ2) is 7.55. The number of nitrogens with zero attached hydrogens (tertiary/aromatic N) is 4. The van der Waals surface area contributed by atoms with Crippen molar-refractivity contribution >= 4 is 5.91 Å². The molecule has 1 N–H and O–H groups in total. The molecule has 3 aromatic rings. The molecule has 5 rings (SSSR count). The topological polar surface area (TPSA) is 85.8 Å². The number of fused-ring (bicyclic) bond motifs is 1. The van der Waals surface area contributed by atoms with E-state index in [1.165, 1.54) is 12.5 Å². The van der Waals surface area contributed by atoms with Crippen molar-refractivity contribution in [2.24, 2.45) is 5.92 Å². The number of aromatic nitrogens is 4. The minimum Gasteiger partial charge on any atom is -0.344 e. The number of halogens is 2. The van der Waals surface area contributed by atoms with Gasteiger partial charge in [-0.15, -0.1) is 0 Å². The summed E-state index contributed by atoms with van der Waals surface area (Å²) in [6, 6.07) is 5.88. The van der Waals surface area contributed by atoms with E-state index in [1.807, 2.05) is 25.1 Å². The molecule has 1 fully saturated rings. The standard InChI is InChI=1S/C22H23F2N5O2/c1-2-19-27-20(28-31-19)15-3-5-16-14(7-15)4-6-17(16)26-21(30)18-10-25-12-29(18)11-13-8-22(23,24)9-13/h3,5,7,10,12-13,17H,2,4,6,8-9,11H2,1H3,(H,26,30)/t17-/m1/s1. The van der Waals surface area contributed by atoms with Crippen LogP contribution in [0.3, 0.4) is 0 Å². The maximum Gasteiger partial charge on any atom is 0.270 e. The summed E-state index contributed by atoms with van der Waals surface area (Å²) >= 11 is 0. The second-order valence-electron chi connectivity index (χ2n) is 8.41. The van der Waals surface area contributed by atoms with Crippen LogP contribution in [0.25, 0.3) is 11.4 Å². The molecule has 0 aliphatic heterocycles. The van der Waals surface area contributed by atoms with Gasteiger partial charge in [0, 0.05) is 31.4 Å². The summed E-state index contributed by atoms with van der Waals surface area (Å²) < 4.78 is 33.1. The van der Waals surface area contributed by atoms with E-state index in [-0.39, 0.29) is 30.7 Å². The van der Waals surface area contributed by atoms with Gasteiger partial charge in [0.2, 0.25) is 17.6 Å². The molecule has 0 bridgehead atoms. The van der Waals surface area contributed by atoms with E-state index in [9.17, 15) is 13.6 Å². The molecular formula is C22H23F2N5O2. The van der Waals surface area contributed by atoms with E-state index in [2.05, 4.69) is 20.4 Å². The molecule has 2 heterocycles. The van der Waals surface area contributed by atoms with Crippen molar-refractivity contribution in [3.05, 3.63) is 53.4 Å². The first kappa shape index (κ1) is 19.8. The van der Waals surface area contributed by atoms with Crippen molar-refractivity contribution in [2.75, 3.05) is 0 Å². The lowest BCUT2D eigenvalue weighted by atomic mass is 9.81. The van der Waals surface area contributed by atoms with E-state index < -0.39 is 5.92 Å². The number of carbonyl (C=O) groups is 1. The summed E-state index contributed by atoms with van der Waals surface area (Å²) in [4.78, 5) is 21.3. The van der Waals surface area contributed by atoms with Crippen molar-refractivity contribution in [3.8, 4) is 11.4 Å². The number of nitrogens with one attached hydrogen (secondary N) is 1. The Morgan fingerprint density at radius 1 is 1.35 bits per heavy atom. The van der Waals surface area contributed by atoms with Gasteiger partial charge in [-0.25, -0.2) is 13.8 Å². The molecule has 1 atom stereocenters. The molecule has 31 heavy (non-hydrogen) atoms. The molecular weight excluding hydrogens is 404 g/mol. The smallest absolute Gasteiger partial charge is 0.270 e. The van der Waals surface area contributed by atoms with Crippen molar-refractivity contribution in [1.82, 2.24) is 25.0 Å². The number of amides is 1. The van der Waals surface area contributed by atoms with Gasteiger partial charge in [-0.05, 0) is 36.0 Å². The molecule has 9 heteroatoms. The van der Waals surface area contributed by atoms with Crippen molar-refractivity contribution in [2.45, 2.75) is 57.5 Å². The molecule has 1 amide bonds. The van der Waals surface area contributed by atoms with Crippen molar-refractivity contribution < 1.29 is 18.1 Å². The van der Waals surface area contributed by atoms with Crippen LogP contribution in [0.1, 0.15) is 59.7 Å². The highest BCUT2D eigenvalue weighted by molar-refractivity contribution is 5.92. The molecule has 0 unspecified atom stereocenters. The summed E-state index contributed by atoms with van der Waals surface area (Å²) in [6.07, 6.45) is 5.08. The van der Waals surface area contributed by atoms with Crippen LogP contribution in [0.5, 0.6) is 0 Å². The van der Waals surface area contributed by atoms with Gasteiger partial charge in [0.05, 0.1) is 18.6 Å². The van der Waals surface area contributed by atoms with E-state index in [1.54, 1.807) is 4.57 Å². The summed E-state index contributed by atoms with van der Waals surface area (Å²) in [6.45, 7) is 2.34. The van der Waals surface area contributed by atoms with Gasteiger partial charge < -0.3 is 14.4 Å². The van der Waals surface area contributed by atoms with E-state index in [4.69, 9.17) is 4.52 Å². The van der Waals surface area contributed by atoms with Gasteiger partial charge in [-0.3, -0.25) is 4.79 Å². The zero-order chi connectivity index (χ0) is 21.6. The Labute approximate surface area is 177 Å². The summed E-state index contributed by atoms with van der Waals surface area (Å²) in [5, 5.41) is 7.10. The molecule has 1 aromatic carbocycles. The maximum atomic E-state index is 13.1. The van der Waals surface area contributed by atoms with Gasteiger partial charge in [0.25, 0.3) is 5.91 Å². The quantitative estimate of drug-likeness (QED) is 0.644. The van der Waals surface area contributed by atoms with Gasteiger partial charge in [0.1, 0.15) is 5.69 Å². The lowest BCUT2D eigenvalue weighted by Crippen LogP contribution is -2.38. The normalized spacial score (nSPS) is 19.8. The Morgan fingerprint density at radius 3 is 2.94 bits per heavy atom. The highest BCUT2D eigenvalue weighted by Crippen LogP contribution is 2.43. The Bertz CT molecular complexity index is 1110. The predicted molar refractivity (Wildman–Crippen MR) is 108 cm³/mol. The molecule has 1 saturated carbocycles. The third kappa shape index (κ3) is 3.84. The first-order valence-corrected chi connectivity index (χ1v) is 10.6. The van der Waals surface area contributed by atoms with Gasteiger partial charge in [-0.1, -0.05) is 24.2 Å². The first-order chi connectivity index (χ1) is 14.9. The molecule has 162 valence electrons. The molecule has 0 saturated heterocycles. The number of aryl methyl sites for hydroxylation is 2. The van der Waals surface area contributed by atoms with Crippen LogP contribution >= 0.6 is 0 Å². The lowest BCUT2D eigenvalue weighted by Gasteiger charge is -2.35. The number of alkyl halides is 2. The Balaban J connectivity index is 1.27. The number of imidazole rings is 1. The summed E-state index contributed by atoms with van der Waals surface area (Å²) in [5.74, 6) is -1.77. The SMILES string of the molecule is CCc1nc(-c2ccc3c(c2)CC[C@H]3NC(=O)c2cncn2CC2CC(F)(F)C2)no1. The molecule has 0 radical (unpaired) electrons. The van der Waals surface area contributed by atoms with E-state index in [0.717, 1.165) is 29.5 Å². The minimum absolute atomic E-state index is 0.107. The minimum atomic E-state index is -2.57. The predicted octanol–water partition coefficient (Wildman–Crippen LogP) is 3.96. The highest BCUT2D eigenvalue weighted by atomic mass is 19.3. The van der Waals surface area contributed by atoms with Crippen LogP contribution in [0.15, 0.2) is 35.2 Å². The second-order valence-corrected chi connectivity index (χ2v) is 8.41. The fourth-order valence-electron chi connectivity index (χ4n) is 4.50. The van der Waals surface area contributed by atoms with E-state index >= 15 is 0 Å². The third-order valence-corrected chi connectivity index (χ3v) is 6.13. The molecule has 7 nitrogen and oxygen atoms in total. The number of carbonyl (C=O) groups excluding carboxylic acids is 1. The number of benzene rings is 1. The molecule has 2 aliphatic carbocycles. The van der Waals surface area contributed by atoms with Gasteiger partial charge >= 0.3 is 0 Å². The maximum absolute atomic E-state index is 13.1. The van der Waals surface area contributed by atoms with Crippen LogP contribution in [-0.4, -0.2) is 31.5 Å².